The summed E-state index contributed by atoms with van der Waals surface area (Å²) in [7, 11) is 2.24. The maximum absolute atomic E-state index is 3.73. The van der Waals surface area contributed by atoms with Gasteiger partial charge >= 0.3 is 0 Å². The monoisotopic (exact) mass is 198 g/mol. The molecule has 1 aliphatic heterocycles. The molecule has 1 heterocycles. The summed E-state index contributed by atoms with van der Waals surface area (Å²) in [6, 6.07) is 0. The summed E-state index contributed by atoms with van der Waals surface area (Å²) < 4.78 is 0. The molecule has 0 saturated carbocycles. The highest BCUT2D eigenvalue weighted by molar-refractivity contribution is 4.87. The van der Waals surface area contributed by atoms with E-state index >= 15 is 0 Å². The summed E-state index contributed by atoms with van der Waals surface area (Å²) in [6.07, 6.45) is 6.67. The first-order valence-corrected chi connectivity index (χ1v) is 6.10. The molecule has 14 heavy (non-hydrogen) atoms. The van der Waals surface area contributed by atoms with Gasteiger partial charge in [0.2, 0.25) is 0 Å². The number of hydrogen-bond donors (Lipinski definition) is 1. The fourth-order valence-electron chi connectivity index (χ4n) is 2.36. The van der Waals surface area contributed by atoms with Crippen LogP contribution < -0.4 is 5.32 Å². The van der Waals surface area contributed by atoms with E-state index in [1.54, 1.807) is 0 Å². The minimum absolute atomic E-state index is 0.362. The average molecular weight is 198 g/mol. The molecule has 0 aromatic carbocycles. The number of likely N-dealkylation sites (tertiary alicyclic amines) is 1. The standard InChI is InChI=1S/C12H26N2/c1-4-5-9-13-12(2)8-6-7-10-14(3)11-12/h13H,4-11H2,1-3H3. The minimum atomic E-state index is 0.362. The predicted molar refractivity (Wildman–Crippen MR) is 62.7 cm³/mol. The lowest BCUT2D eigenvalue weighted by molar-refractivity contribution is 0.237. The zero-order valence-electron chi connectivity index (χ0n) is 10.1. The van der Waals surface area contributed by atoms with E-state index in [9.17, 15) is 0 Å². The van der Waals surface area contributed by atoms with Crippen LogP contribution in [0.2, 0.25) is 0 Å². The Morgan fingerprint density at radius 3 is 2.86 bits per heavy atom. The zero-order valence-corrected chi connectivity index (χ0v) is 10.1. The van der Waals surface area contributed by atoms with E-state index in [2.05, 4.69) is 31.1 Å². The van der Waals surface area contributed by atoms with Gasteiger partial charge in [-0.2, -0.15) is 0 Å². The molecule has 0 radical (unpaired) electrons. The lowest BCUT2D eigenvalue weighted by Crippen LogP contribution is -2.49. The molecule has 0 aliphatic carbocycles. The SMILES string of the molecule is CCCCNC1(C)CCCCN(C)C1. The summed E-state index contributed by atoms with van der Waals surface area (Å²) in [5.74, 6) is 0. The fraction of sp³-hybridized carbons (Fsp3) is 1.00. The third-order valence-electron chi connectivity index (χ3n) is 3.22. The van der Waals surface area contributed by atoms with Gasteiger partial charge < -0.3 is 10.2 Å². The highest BCUT2D eigenvalue weighted by Crippen LogP contribution is 2.19. The Labute approximate surface area is 89.1 Å². The van der Waals surface area contributed by atoms with Crippen LogP contribution in [0.25, 0.3) is 0 Å². The van der Waals surface area contributed by atoms with E-state index in [-0.39, 0.29) is 0 Å². The first-order chi connectivity index (χ1) is 6.66. The lowest BCUT2D eigenvalue weighted by atomic mass is 9.95. The van der Waals surface area contributed by atoms with E-state index in [1.165, 1.54) is 51.7 Å². The Hall–Kier alpha value is -0.0800. The van der Waals surface area contributed by atoms with Crippen molar-refractivity contribution in [2.45, 2.75) is 51.5 Å². The van der Waals surface area contributed by atoms with Crippen molar-refractivity contribution in [2.75, 3.05) is 26.7 Å². The van der Waals surface area contributed by atoms with Crippen LogP contribution in [0.1, 0.15) is 46.0 Å². The summed E-state index contributed by atoms with van der Waals surface area (Å²) in [6.45, 7) is 8.29. The van der Waals surface area contributed by atoms with E-state index in [1.807, 2.05) is 0 Å². The van der Waals surface area contributed by atoms with E-state index in [0.717, 1.165) is 0 Å². The molecule has 1 saturated heterocycles. The Bertz CT molecular complexity index is 158. The number of likely N-dealkylation sites (N-methyl/N-ethyl adjacent to an activating group) is 1. The van der Waals surface area contributed by atoms with Crippen LogP contribution in [0.5, 0.6) is 0 Å². The normalized spacial score (nSPS) is 30.2. The first kappa shape index (κ1) is 12.0. The third kappa shape index (κ3) is 3.97. The molecular weight excluding hydrogens is 172 g/mol. The number of hydrogen-bond acceptors (Lipinski definition) is 2. The molecule has 1 N–H and O–H groups in total. The van der Waals surface area contributed by atoms with Gasteiger partial charge in [-0.05, 0) is 46.3 Å². The molecule has 1 rings (SSSR count). The lowest BCUT2D eigenvalue weighted by Gasteiger charge is -2.32. The molecule has 0 amide bonds. The van der Waals surface area contributed by atoms with Crippen molar-refractivity contribution >= 4 is 0 Å². The van der Waals surface area contributed by atoms with Gasteiger partial charge in [0, 0.05) is 12.1 Å². The van der Waals surface area contributed by atoms with Crippen LogP contribution in [0.3, 0.4) is 0 Å². The van der Waals surface area contributed by atoms with Crippen molar-refractivity contribution in [1.29, 1.82) is 0 Å². The van der Waals surface area contributed by atoms with Gasteiger partial charge in [-0.25, -0.2) is 0 Å². The molecule has 1 unspecified atom stereocenters. The number of rotatable bonds is 4. The van der Waals surface area contributed by atoms with Gasteiger partial charge in [0.05, 0.1) is 0 Å². The number of nitrogens with one attached hydrogen (secondary N) is 1. The van der Waals surface area contributed by atoms with Gasteiger partial charge in [0.15, 0.2) is 0 Å². The molecule has 0 spiro atoms. The van der Waals surface area contributed by atoms with Crippen LogP contribution in [0.15, 0.2) is 0 Å². The molecule has 0 aromatic heterocycles. The van der Waals surface area contributed by atoms with Crippen molar-refractivity contribution in [3.8, 4) is 0 Å². The van der Waals surface area contributed by atoms with E-state index < -0.39 is 0 Å². The second-order valence-electron chi connectivity index (χ2n) is 5.04. The topological polar surface area (TPSA) is 15.3 Å². The Morgan fingerprint density at radius 2 is 2.14 bits per heavy atom. The predicted octanol–water partition coefficient (Wildman–Crippen LogP) is 2.25. The van der Waals surface area contributed by atoms with Gasteiger partial charge in [0.25, 0.3) is 0 Å². The quantitative estimate of drug-likeness (QED) is 0.697. The molecule has 84 valence electrons. The third-order valence-corrected chi connectivity index (χ3v) is 3.22. The zero-order chi connectivity index (χ0) is 10.4. The van der Waals surface area contributed by atoms with Crippen LogP contribution in [-0.4, -0.2) is 37.1 Å². The van der Waals surface area contributed by atoms with Crippen LogP contribution >= 0.6 is 0 Å². The average Bonchev–Trinajstić information content (AvgIpc) is 2.28. The highest BCUT2D eigenvalue weighted by atomic mass is 15.1. The summed E-state index contributed by atoms with van der Waals surface area (Å²) in [5.41, 5.74) is 0.362. The maximum atomic E-state index is 3.73. The van der Waals surface area contributed by atoms with E-state index in [4.69, 9.17) is 0 Å². The largest absolute Gasteiger partial charge is 0.310 e. The molecule has 1 atom stereocenters. The van der Waals surface area contributed by atoms with Crippen molar-refractivity contribution in [2.24, 2.45) is 0 Å². The van der Waals surface area contributed by atoms with Gasteiger partial charge in [-0.3, -0.25) is 0 Å². The first-order valence-electron chi connectivity index (χ1n) is 6.10. The van der Waals surface area contributed by atoms with E-state index in [0.29, 0.717) is 5.54 Å². The van der Waals surface area contributed by atoms with Gasteiger partial charge in [-0.1, -0.05) is 19.8 Å². The molecule has 1 aliphatic rings. The summed E-state index contributed by atoms with van der Waals surface area (Å²) in [5, 5.41) is 3.73. The number of nitrogens with zero attached hydrogens (tertiary/aromatic N) is 1. The number of unbranched alkanes of at least 4 members (excludes halogenated alkanes) is 1. The van der Waals surface area contributed by atoms with Crippen LogP contribution in [-0.2, 0) is 0 Å². The Balaban J connectivity index is 2.35. The molecule has 2 nitrogen and oxygen atoms in total. The highest BCUT2D eigenvalue weighted by Gasteiger charge is 2.26. The Morgan fingerprint density at radius 1 is 1.36 bits per heavy atom. The van der Waals surface area contributed by atoms with Crippen molar-refractivity contribution in [3.63, 3.8) is 0 Å². The van der Waals surface area contributed by atoms with Crippen LogP contribution in [0, 0.1) is 0 Å². The smallest absolute Gasteiger partial charge is 0.0280 e. The fourth-order valence-corrected chi connectivity index (χ4v) is 2.36. The second kappa shape index (κ2) is 5.72. The molecule has 2 heteroatoms. The van der Waals surface area contributed by atoms with Gasteiger partial charge in [0.1, 0.15) is 0 Å². The molecule has 1 fully saturated rings. The molecule has 0 aromatic rings. The van der Waals surface area contributed by atoms with Crippen molar-refractivity contribution in [3.05, 3.63) is 0 Å². The summed E-state index contributed by atoms with van der Waals surface area (Å²) in [4.78, 5) is 2.46. The second-order valence-corrected chi connectivity index (χ2v) is 5.04. The molecule has 0 bridgehead atoms. The van der Waals surface area contributed by atoms with Crippen molar-refractivity contribution in [1.82, 2.24) is 10.2 Å². The summed E-state index contributed by atoms with van der Waals surface area (Å²) >= 11 is 0. The van der Waals surface area contributed by atoms with Gasteiger partial charge in [-0.15, -0.1) is 0 Å². The molecular formula is C12H26N2. The van der Waals surface area contributed by atoms with Crippen molar-refractivity contribution < 1.29 is 0 Å². The Kier molecular flexibility index (Phi) is 4.90. The maximum Gasteiger partial charge on any atom is 0.0280 e. The van der Waals surface area contributed by atoms with Crippen LogP contribution in [0.4, 0.5) is 0 Å². The minimum Gasteiger partial charge on any atom is -0.310 e.